The fraction of sp³-hybridized carbons (Fsp3) is 0.632. The Labute approximate surface area is 141 Å². The van der Waals surface area contributed by atoms with E-state index >= 15 is 0 Å². The molecule has 2 atom stereocenters. The van der Waals surface area contributed by atoms with Crippen LogP contribution in [0.4, 0.5) is 4.39 Å². The average molecular weight is 332 g/mol. The Morgan fingerprint density at radius 3 is 2.88 bits per heavy atom. The molecule has 1 N–H and O–H groups in total. The lowest BCUT2D eigenvalue weighted by Crippen LogP contribution is -2.51. The summed E-state index contributed by atoms with van der Waals surface area (Å²) in [7, 11) is 0. The first-order chi connectivity index (χ1) is 11.6. The summed E-state index contributed by atoms with van der Waals surface area (Å²) in [5.41, 5.74) is 0.982. The molecule has 1 aliphatic heterocycles. The SMILES string of the molecule is CCC1(O)CCCC1N1CCC(c2noc3cc(F)ccc23)CC1. The van der Waals surface area contributed by atoms with Crippen LogP contribution in [-0.4, -0.2) is 39.9 Å². The summed E-state index contributed by atoms with van der Waals surface area (Å²) in [4.78, 5) is 2.47. The van der Waals surface area contributed by atoms with Crippen LogP contribution in [0.3, 0.4) is 0 Å². The summed E-state index contributed by atoms with van der Waals surface area (Å²) in [5.74, 6) is 0.0594. The molecular weight excluding hydrogens is 307 g/mol. The summed E-state index contributed by atoms with van der Waals surface area (Å²) in [6.45, 7) is 4.05. The fourth-order valence-electron chi connectivity index (χ4n) is 4.68. The number of piperidine rings is 1. The largest absolute Gasteiger partial charge is 0.388 e. The lowest BCUT2D eigenvalue weighted by Gasteiger charge is -2.41. The molecule has 1 saturated heterocycles. The van der Waals surface area contributed by atoms with Crippen LogP contribution in [-0.2, 0) is 0 Å². The van der Waals surface area contributed by atoms with E-state index in [2.05, 4.69) is 17.0 Å². The molecule has 130 valence electrons. The Kier molecular flexibility index (Phi) is 4.09. The lowest BCUT2D eigenvalue weighted by atomic mass is 9.87. The van der Waals surface area contributed by atoms with E-state index in [9.17, 15) is 9.50 Å². The molecule has 0 radical (unpaired) electrons. The van der Waals surface area contributed by atoms with Crippen molar-refractivity contribution >= 4 is 11.0 Å². The molecule has 24 heavy (non-hydrogen) atoms. The molecule has 1 aromatic heterocycles. The highest BCUT2D eigenvalue weighted by molar-refractivity contribution is 5.79. The van der Waals surface area contributed by atoms with E-state index in [1.807, 2.05) is 0 Å². The quantitative estimate of drug-likeness (QED) is 0.928. The zero-order valence-electron chi connectivity index (χ0n) is 14.2. The number of benzene rings is 1. The van der Waals surface area contributed by atoms with E-state index in [-0.39, 0.29) is 5.82 Å². The van der Waals surface area contributed by atoms with Crippen molar-refractivity contribution in [1.82, 2.24) is 10.1 Å². The van der Waals surface area contributed by atoms with Crippen LogP contribution in [0.5, 0.6) is 0 Å². The number of hydrogen-bond acceptors (Lipinski definition) is 4. The molecule has 4 rings (SSSR count). The Bertz CT molecular complexity index is 723. The van der Waals surface area contributed by atoms with Crippen LogP contribution in [0, 0.1) is 5.82 Å². The number of aliphatic hydroxyl groups is 1. The standard InChI is InChI=1S/C19H25FN2O2/c1-2-19(23)9-3-4-17(19)22-10-7-13(8-11-22)18-15-6-5-14(20)12-16(15)24-21-18/h5-6,12-13,17,23H,2-4,7-11H2,1H3. The smallest absolute Gasteiger partial charge is 0.170 e. The number of likely N-dealkylation sites (tertiary alicyclic amines) is 1. The monoisotopic (exact) mass is 332 g/mol. The van der Waals surface area contributed by atoms with E-state index in [4.69, 9.17) is 4.52 Å². The number of nitrogens with zero attached hydrogens (tertiary/aromatic N) is 2. The lowest BCUT2D eigenvalue weighted by molar-refractivity contribution is -0.0377. The maximum Gasteiger partial charge on any atom is 0.170 e. The van der Waals surface area contributed by atoms with Gasteiger partial charge in [-0.05, 0) is 63.7 Å². The molecule has 2 aromatic rings. The molecule has 2 heterocycles. The second-order valence-corrected chi connectivity index (χ2v) is 7.38. The van der Waals surface area contributed by atoms with Gasteiger partial charge in [0.05, 0.1) is 11.3 Å². The second kappa shape index (κ2) is 6.12. The molecule has 4 nitrogen and oxygen atoms in total. The molecule has 2 aliphatic rings. The minimum Gasteiger partial charge on any atom is -0.388 e. The number of halogens is 1. The van der Waals surface area contributed by atoms with Gasteiger partial charge in [0, 0.05) is 23.4 Å². The van der Waals surface area contributed by atoms with Gasteiger partial charge in [-0.3, -0.25) is 4.90 Å². The summed E-state index contributed by atoms with van der Waals surface area (Å²) in [6.07, 6.45) is 5.99. The van der Waals surface area contributed by atoms with E-state index in [0.29, 0.717) is 17.5 Å². The molecule has 1 aromatic carbocycles. The number of aromatic nitrogens is 1. The van der Waals surface area contributed by atoms with Gasteiger partial charge >= 0.3 is 0 Å². The van der Waals surface area contributed by atoms with Gasteiger partial charge in [-0.1, -0.05) is 12.1 Å². The maximum absolute atomic E-state index is 13.3. The van der Waals surface area contributed by atoms with Crippen LogP contribution < -0.4 is 0 Å². The van der Waals surface area contributed by atoms with Crippen molar-refractivity contribution in [3.63, 3.8) is 0 Å². The predicted molar refractivity (Wildman–Crippen MR) is 90.4 cm³/mol. The third-order valence-electron chi connectivity index (χ3n) is 6.14. The Balaban J connectivity index is 1.48. The highest BCUT2D eigenvalue weighted by Gasteiger charge is 2.43. The van der Waals surface area contributed by atoms with Crippen LogP contribution in [0.15, 0.2) is 22.7 Å². The third-order valence-corrected chi connectivity index (χ3v) is 6.14. The molecule has 0 bridgehead atoms. The van der Waals surface area contributed by atoms with E-state index in [1.165, 1.54) is 12.1 Å². The highest BCUT2D eigenvalue weighted by atomic mass is 19.1. The number of rotatable bonds is 3. The topological polar surface area (TPSA) is 49.5 Å². The minimum atomic E-state index is -0.509. The van der Waals surface area contributed by atoms with Crippen LogP contribution in [0.1, 0.15) is 57.1 Å². The molecule has 5 heteroatoms. The van der Waals surface area contributed by atoms with Gasteiger partial charge in [0.15, 0.2) is 5.58 Å². The summed E-state index contributed by atoms with van der Waals surface area (Å²) >= 11 is 0. The van der Waals surface area contributed by atoms with E-state index in [0.717, 1.165) is 62.7 Å². The first-order valence-electron chi connectivity index (χ1n) is 9.12. The Morgan fingerprint density at radius 2 is 2.12 bits per heavy atom. The van der Waals surface area contributed by atoms with Crippen molar-refractivity contribution in [3.05, 3.63) is 29.7 Å². The van der Waals surface area contributed by atoms with Crippen LogP contribution >= 0.6 is 0 Å². The van der Waals surface area contributed by atoms with Gasteiger partial charge in [0.25, 0.3) is 0 Å². The Morgan fingerprint density at radius 1 is 1.33 bits per heavy atom. The van der Waals surface area contributed by atoms with Gasteiger partial charge in [-0.15, -0.1) is 0 Å². The molecule has 0 amide bonds. The van der Waals surface area contributed by atoms with E-state index in [1.54, 1.807) is 6.07 Å². The molecule has 0 spiro atoms. The molecular formula is C19H25FN2O2. The van der Waals surface area contributed by atoms with Crippen molar-refractivity contribution < 1.29 is 14.0 Å². The fourth-order valence-corrected chi connectivity index (χ4v) is 4.68. The normalized spacial score (nSPS) is 29.5. The van der Waals surface area contributed by atoms with Crippen LogP contribution in [0.25, 0.3) is 11.0 Å². The summed E-state index contributed by atoms with van der Waals surface area (Å²) in [5, 5.41) is 16.0. The average Bonchev–Trinajstić information content (AvgIpc) is 3.19. The predicted octanol–water partition coefficient (Wildman–Crippen LogP) is 3.84. The first kappa shape index (κ1) is 16.0. The van der Waals surface area contributed by atoms with Gasteiger partial charge in [-0.25, -0.2) is 4.39 Å². The van der Waals surface area contributed by atoms with Gasteiger partial charge in [0.1, 0.15) is 5.82 Å². The second-order valence-electron chi connectivity index (χ2n) is 7.38. The van der Waals surface area contributed by atoms with Crippen molar-refractivity contribution in [2.45, 2.75) is 63.0 Å². The highest BCUT2D eigenvalue weighted by Crippen LogP contribution is 2.40. The van der Waals surface area contributed by atoms with Gasteiger partial charge in [-0.2, -0.15) is 0 Å². The van der Waals surface area contributed by atoms with Crippen molar-refractivity contribution in [1.29, 1.82) is 0 Å². The first-order valence-corrected chi connectivity index (χ1v) is 9.12. The maximum atomic E-state index is 13.3. The third kappa shape index (κ3) is 2.64. The van der Waals surface area contributed by atoms with E-state index < -0.39 is 5.60 Å². The number of fused-ring (bicyclic) bond motifs is 1. The van der Waals surface area contributed by atoms with Crippen molar-refractivity contribution in [2.24, 2.45) is 0 Å². The van der Waals surface area contributed by atoms with Crippen molar-refractivity contribution in [3.8, 4) is 0 Å². The van der Waals surface area contributed by atoms with Crippen LogP contribution in [0.2, 0.25) is 0 Å². The summed E-state index contributed by atoms with van der Waals surface area (Å²) in [6, 6.07) is 4.95. The Hall–Kier alpha value is -1.46. The van der Waals surface area contributed by atoms with Gasteiger partial charge in [0.2, 0.25) is 0 Å². The molecule has 1 saturated carbocycles. The molecule has 1 aliphatic carbocycles. The summed E-state index contributed by atoms with van der Waals surface area (Å²) < 4.78 is 18.6. The van der Waals surface area contributed by atoms with Crippen molar-refractivity contribution in [2.75, 3.05) is 13.1 Å². The molecule has 2 fully saturated rings. The molecule has 2 unspecified atom stereocenters. The van der Waals surface area contributed by atoms with Gasteiger partial charge < -0.3 is 9.63 Å². The zero-order chi connectivity index (χ0) is 16.7. The minimum absolute atomic E-state index is 0.292. The number of hydrogen-bond donors (Lipinski definition) is 1. The zero-order valence-corrected chi connectivity index (χ0v) is 14.2.